The Hall–Kier alpha value is -1.69. The van der Waals surface area contributed by atoms with Gasteiger partial charge in [-0.2, -0.15) is 0 Å². The molecule has 1 aromatic rings. The second-order valence-electron chi connectivity index (χ2n) is 5.37. The summed E-state index contributed by atoms with van der Waals surface area (Å²) in [7, 11) is 0. The van der Waals surface area contributed by atoms with Gasteiger partial charge in [0.25, 0.3) is 0 Å². The quantitative estimate of drug-likeness (QED) is 0.848. The number of nitrogens with one attached hydrogen (secondary N) is 1. The van der Waals surface area contributed by atoms with Crippen molar-refractivity contribution in [3.8, 4) is 5.75 Å². The minimum Gasteiger partial charge on any atom is -0.487 e. The predicted octanol–water partition coefficient (Wildman–Crippen LogP) is 2.72. The largest absolute Gasteiger partial charge is 0.487 e. The third kappa shape index (κ3) is 3.50. The Morgan fingerprint density at radius 2 is 2.29 bits per heavy atom. The van der Waals surface area contributed by atoms with E-state index in [-0.39, 0.29) is 12.2 Å². The molecule has 0 heterocycles. The van der Waals surface area contributed by atoms with Crippen molar-refractivity contribution >= 4 is 5.97 Å². The maximum absolute atomic E-state index is 13.6. The molecule has 1 aliphatic rings. The van der Waals surface area contributed by atoms with Crippen molar-refractivity contribution in [2.75, 3.05) is 6.54 Å². The van der Waals surface area contributed by atoms with Gasteiger partial charge in [-0.25, -0.2) is 8.78 Å². The lowest BCUT2D eigenvalue weighted by atomic mass is 9.97. The second-order valence-corrected chi connectivity index (χ2v) is 5.37. The minimum absolute atomic E-state index is 0.170. The monoisotopic (exact) mass is 299 g/mol. The van der Waals surface area contributed by atoms with E-state index in [4.69, 9.17) is 4.74 Å². The van der Waals surface area contributed by atoms with Crippen LogP contribution < -0.4 is 10.1 Å². The summed E-state index contributed by atoms with van der Waals surface area (Å²) >= 11 is 0. The number of carbonyl (C=O) groups is 1. The Morgan fingerprint density at radius 3 is 2.95 bits per heavy atom. The van der Waals surface area contributed by atoms with Crippen LogP contribution in [-0.2, 0) is 4.79 Å². The third-order valence-corrected chi connectivity index (χ3v) is 3.78. The molecule has 1 fully saturated rings. The van der Waals surface area contributed by atoms with Crippen molar-refractivity contribution < 1.29 is 23.4 Å². The molecule has 2 atom stereocenters. The maximum Gasteiger partial charge on any atom is 0.324 e. The van der Waals surface area contributed by atoms with Crippen LogP contribution in [-0.4, -0.2) is 29.3 Å². The van der Waals surface area contributed by atoms with Gasteiger partial charge in [-0.1, -0.05) is 6.92 Å². The van der Waals surface area contributed by atoms with Crippen molar-refractivity contribution in [1.82, 2.24) is 5.32 Å². The first kappa shape index (κ1) is 15.7. The first-order chi connectivity index (χ1) is 9.97. The van der Waals surface area contributed by atoms with Gasteiger partial charge in [0.05, 0.1) is 0 Å². The Morgan fingerprint density at radius 1 is 1.52 bits per heavy atom. The van der Waals surface area contributed by atoms with Crippen LogP contribution in [0.5, 0.6) is 5.75 Å². The Labute approximate surface area is 122 Å². The highest BCUT2D eigenvalue weighted by molar-refractivity contribution is 5.79. The molecule has 1 saturated carbocycles. The summed E-state index contributed by atoms with van der Waals surface area (Å²) in [4.78, 5) is 11.5. The highest BCUT2D eigenvalue weighted by atomic mass is 19.1. The summed E-state index contributed by atoms with van der Waals surface area (Å²) in [5, 5.41) is 12.5. The summed E-state index contributed by atoms with van der Waals surface area (Å²) in [6.45, 7) is 2.54. The van der Waals surface area contributed by atoms with Gasteiger partial charge in [-0.05, 0) is 37.9 Å². The lowest BCUT2D eigenvalue weighted by molar-refractivity contribution is -0.144. The van der Waals surface area contributed by atoms with Gasteiger partial charge in [0.1, 0.15) is 17.5 Å². The molecule has 2 N–H and O–H groups in total. The molecule has 116 valence electrons. The van der Waals surface area contributed by atoms with Gasteiger partial charge < -0.3 is 15.2 Å². The van der Waals surface area contributed by atoms with Gasteiger partial charge in [-0.15, -0.1) is 0 Å². The van der Waals surface area contributed by atoms with E-state index in [0.717, 1.165) is 24.6 Å². The Balaban J connectivity index is 2.07. The molecular formula is C15H19F2NO3. The first-order valence-corrected chi connectivity index (χ1v) is 7.07. The van der Waals surface area contributed by atoms with E-state index in [9.17, 15) is 18.7 Å². The van der Waals surface area contributed by atoms with E-state index in [1.54, 1.807) is 0 Å². The number of benzene rings is 1. The number of rotatable bonds is 6. The topological polar surface area (TPSA) is 58.6 Å². The highest BCUT2D eigenvalue weighted by Crippen LogP contribution is 2.34. The summed E-state index contributed by atoms with van der Waals surface area (Å²) in [5.41, 5.74) is -1.04. The summed E-state index contributed by atoms with van der Waals surface area (Å²) in [5.74, 6) is -2.33. The zero-order valence-corrected chi connectivity index (χ0v) is 11.9. The summed E-state index contributed by atoms with van der Waals surface area (Å²) < 4.78 is 32.1. The molecule has 1 aromatic carbocycles. The van der Waals surface area contributed by atoms with Crippen molar-refractivity contribution in [2.24, 2.45) is 0 Å². The fourth-order valence-electron chi connectivity index (χ4n) is 2.64. The van der Waals surface area contributed by atoms with Crippen molar-refractivity contribution in [3.63, 3.8) is 0 Å². The summed E-state index contributed by atoms with van der Waals surface area (Å²) in [6, 6.07) is 3.00. The van der Waals surface area contributed by atoms with Gasteiger partial charge in [0.2, 0.25) is 0 Å². The summed E-state index contributed by atoms with van der Waals surface area (Å²) in [6.07, 6.45) is 1.50. The fraction of sp³-hybridized carbons (Fsp3) is 0.533. The molecule has 1 aliphatic carbocycles. The molecule has 0 saturated heterocycles. The Bertz CT molecular complexity index is 524. The predicted molar refractivity (Wildman–Crippen MR) is 73.3 cm³/mol. The molecule has 0 aromatic heterocycles. The molecule has 6 heteroatoms. The number of aliphatic carboxylic acids is 1. The molecule has 2 unspecified atom stereocenters. The van der Waals surface area contributed by atoms with Gasteiger partial charge >= 0.3 is 5.97 Å². The molecular weight excluding hydrogens is 280 g/mol. The first-order valence-electron chi connectivity index (χ1n) is 7.07. The van der Waals surface area contributed by atoms with Crippen molar-refractivity contribution in [1.29, 1.82) is 0 Å². The number of carboxylic acids is 1. The van der Waals surface area contributed by atoms with Crippen LogP contribution in [0.4, 0.5) is 8.78 Å². The molecule has 0 spiro atoms. The van der Waals surface area contributed by atoms with Crippen LogP contribution >= 0.6 is 0 Å². The lowest BCUT2D eigenvalue weighted by Gasteiger charge is -2.25. The molecule has 4 nitrogen and oxygen atoms in total. The van der Waals surface area contributed by atoms with E-state index >= 15 is 0 Å². The van der Waals surface area contributed by atoms with Crippen LogP contribution in [0.1, 0.15) is 32.6 Å². The lowest BCUT2D eigenvalue weighted by Crippen LogP contribution is -2.50. The van der Waals surface area contributed by atoms with Crippen molar-refractivity contribution in [3.05, 3.63) is 29.8 Å². The maximum atomic E-state index is 13.6. The van der Waals surface area contributed by atoms with Crippen LogP contribution in [0.15, 0.2) is 18.2 Å². The number of hydrogen-bond acceptors (Lipinski definition) is 3. The number of hydrogen-bond donors (Lipinski definition) is 2. The average molecular weight is 299 g/mol. The molecule has 0 amide bonds. The van der Waals surface area contributed by atoms with Crippen LogP contribution in [0.25, 0.3) is 0 Å². The van der Waals surface area contributed by atoms with Crippen LogP contribution in [0.2, 0.25) is 0 Å². The van der Waals surface area contributed by atoms with E-state index in [2.05, 4.69) is 5.32 Å². The number of halogens is 2. The smallest absolute Gasteiger partial charge is 0.324 e. The number of ether oxygens (including phenoxy) is 1. The number of carboxylic acid groups (broad SMARTS) is 1. The van der Waals surface area contributed by atoms with E-state index in [1.165, 1.54) is 0 Å². The average Bonchev–Trinajstić information content (AvgIpc) is 2.85. The fourth-order valence-corrected chi connectivity index (χ4v) is 2.64. The molecule has 21 heavy (non-hydrogen) atoms. The molecule has 0 bridgehead atoms. The normalized spacial score (nSPS) is 25.0. The van der Waals surface area contributed by atoms with Gasteiger partial charge in [0, 0.05) is 12.5 Å². The highest BCUT2D eigenvalue weighted by Gasteiger charge is 2.46. The molecule has 0 aliphatic heterocycles. The zero-order valence-electron chi connectivity index (χ0n) is 11.9. The van der Waals surface area contributed by atoms with E-state index in [1.807, 2.05) is 6.92 Å². The standard InChI is InChI=1S/C15H19F2NO3/c1-2-7-18-15(14(19)20)6-5-11(9-15)21-13-8-10(16)3-4-12(13)17/h3-4,8,11,18H,2,5-7,9H2,1H3,(H,19,20). The minimum atomic E-state index is -1.04. The second kappa shape index (κ2) is 6.39. The van der Waals surface area contributed by atoms with Crippen molar-refractivity contribution in [2.45, 2.75) is 44.2 Å². The van der Waals surface area contributed by atoms with Crippen LogP contribution in [0.3, 0.4) is 0 Å². The van der Waals surface area contributed by atoms with E-state index < -0.39 is 29.2 Å². The van der Waals surface area contributed by atoms with E-state index in [0.29, 0.717) is 19.4 Å². The van der Waals surface area contributed by atoms with Gasteiger partial charge in [-0.3, -0.25) is 4.79 Å². The SMILES string of the molecule is CCCNC1(C(=O)O)CCC(Oc2cc(F)ccc2F)C1. The van der Waals surface area contributed by atoms with Crippen LogP contribution in [0, 0.1) is 11.6 Å². The molecule has 0 radical (unpaired) electrons. The Kier molecular flexibility index (Phi) is 4.77. The zero-order chi connectivity index (χ0) is 15.5. The third-order valence-electron chi connectivity index (χ3n) is 3.78. The van der Waals surface area contributed by atoms with Gasteiger partial charge in [0.15, 0.2) is 11.6 Å². The molecule has 2 rings (SSSR count).